The molecule has 1 atom stereocenters. The van der Waals surface area contributed by atoms with Gasteiger partial charge in [0.15, 0.2) is 0 Å². The van der Waals surface area contributed by atoms with Crippen molar-refractivity contribution in [3.8, 4) is 16.8 Å². The van der Waals surface area contributed by atoms with E-state index >= 15 is 0 Å². The fraction of sp³-hybridized carbons (Fsp3) is 0.0526. The van der Waals surface area contributed by atoms with Crippen molar-refractivity contribution >= 4 is 21.8 Å². The van der Waals surface area contributed by atoms with Crippen LogP contribution in [0.25, 0.3) is 38.6 Å². The van der Waals surface area contributed by atoms with Gasteiger partial charge in [-0.3, -0.25) is 0 Å². The summed E-state index contributed by atoms with van der Waals surface area (Å²) in [6.45, 7) is 0. The van der Waals surface area contributed by atoms with Crippen LogP contribution in [0, 0.1) is 0 Å². The molecule has 1 heteroatoms. The first-order valence-electron chi connectivity index (χ1n) is 13.8. The van der Waals surface area contributed by atoms with Crippen molar-refractivity contribution in [1.82, 2.24) is 4.57 Å². The first-order valence-corrected chi connectivity index (χ1v) is 13.8. The molecular formula is C38H25N. The third-order valence-corrected chi connectivity index (χ3v) is 9.08. The minimum atomic E-state index is -0.439. The van der Waals surface area contributed by atoms with Crippen LogP contribution in [-0.2, 0) is 11.8 Å². The Labute approximate surface area is 227 Å². The van der Waals surface area contributed by atoms with Crippen molar-refractivity contribution in [3.63, 3.8) is 0 Å². The molecule has 1 aliphatic carbocycles. The molecule has 6 aromatic carbocycles. The molecule has 0 bridgehead atoms. The third kappa shape index (κ3) is 2.60. The normalized spacial score (nSPS) is 16.7. The summed E-state index contributed by atoms with van der Waals surface area (Å²) < 4.78 is 2.50. The standard InChI is InChI=1S/C38H25N/c1-2-12-27(13-3-1)38(28-21-22-30-26(24-28)23-25-11-4-5-14-29(25)30)33-17-7-9-20-36(33)39-35-19-8-6-15-31(35)32-16-10-18-34(38)37(32)39/h1-22,24H,23H2. The second-order valence-corrected chi connectivity index (χ2v) is 10.9. The molecule has 7 aromatic rings. The molecule has 1 aromatic heterocycles. The highest BCUT2D eigenvalue weighted by molar-refractivity contribution is 6.12. The first kappa shape index (κ1) is 21.1. The van der Waals surface area contributed by atoms with Gasteiger partial charge in [0, 0.05) is 10.8 Å². The van der Waals surface area contributed by atoms with Gasteiger partial charge in [0.25, 0.3) is 0 Å². The summed E-state index contributed by atoms with van der Waals surface area (Å²) in [7, 11) is 0. The molecule has 2 heterocycles. The first-order chi connectivity index (χ1) is 19.4. The van der Waals surface area contributed by atoms with Gasteiger partial charge in [-0.1, -0.05) is 127 Å². The van der Waals surface area contributed by atoms with E-state index in [0.717, 1.165) is 6.42 Å². The summed E-state index contributed by atoms with van der Waals surface area (Å²) in [5.74, 6) is 0. The summed E-state index contributed by atoms with van der Waals surface area (Å²) in [6, 6.07) is 52.0. The molecule has 182 valence electrons. The van der Waals surface area contributed by atoms with E-state index in [1.165, 1.54) is 72.0 Å². The third-order valence-electron chi connectivity index (χ3n) is 9.08. The predicted molar refractivity (Wildman–Crippen MR) is 161 cm³/mol. The van der Waals surface area contributed by atoms with E-state index in [1.807, 2.05) is 0 Å². The fourth-order valence-corrected chi connectivity index (χ4v) is 7.56. The maximum atomic E-state index is 2.50. The lowest BCUT2D eigenvalue weighted by atomic mass is 9.63. The molecule has 0 saturated heterocycles. The van der Waals surface area contributed by atoms with Crippen molar-refractivity contribution in [2.24, 2.45) is 0 Å². The predicted octanol–water partition coefficient (Wildman–Crippen LogP) is 9.05. The number of hydrogen-bond acceptors (Lipinski definition) is 0. The largest absolute Gasteiger partial charge is 0.309 e. The summed E-state index contributed by atoms with van der Waals surface area (Å²) in [5, 5.41) is 2.61. The molecule has 0 amide bonds. The Kier molecular flexibility index (Phi) is 4.10. The van der Waals surface area contributed by atoms with Crippen LogP contribution in [0.2, 0.25) is 0 Å². The van der Waals surface area contributed by atoms with Crippen molar-refractivity contribution in [2.45, 2.75) is 11.8 Å². The average molecular weight is 496 g/mol. The number of benzene rings is 6. The molecule has 0 radical (unpaired) electrons. The lowest BCUT2D eigenvalue weighted by molar-refractivity contribution is 0.727. The Bertz CT molecular complexity index is 2100. The van der Waals surface area contributed by atoms with Gasteiger partial charge in [-0.15, -0.1) is 0 Å². The maximum Gasteiger partial charge on any atom is 0.0742 e. The average Bonchev–Trinajstić information content (AvgIpc) is 3.55. The summed E-state index contributed by atoms with van der Waals surface area (Å²) in [5.41, 5.74) is 14.3. The molecule has 0 fully saturated rings. The monoisotopic (exact) mass is 495 g/mol. The van der Waals surface area contributed by atoms with E-state index in [4.69, 9.17) is 0 Å². The molecule has 0 saturated carbocycles. The number of fused-ring (bicyclic) bond motifs is 8. The lowest BCUT2D eigenvalue weighted by Gasteiger charge is -2.42. The van der Waals surface area contributed by atoms with E-state index in [0.29, 0.717) is 0 Å². The van der Waals surface area contributed by atoms with Crippen LogP contribution in [0.1, 0.15) is 33.4 Å². The second kappa shape index (κ2) is 7.58. The van der Waals surface area contributed by atoms with Crippen molar-refractivity contribution < 1.29 is 0 Å². The zero-order valence-electron chi connectivity index (χ0n) is 21.4. The highest BCUT2D eigenvalue weighted by Crippen LogP contribution is 2.54. The highest BCUT2D eigenvalue weighted by atomic mass is 15.0. The van der Waals surface area contributed by atoms with Gasteiger partial charge in [-0.25, -0.2) is 0 Å². The van der Waals surface area contributed by atoms with Crippen molar-refractivity contribution in [3.05, 3.63) is 173 Å². The number of hydrogen-bond donors (Lipinski definition) is 0. The van der Waals surface area contributed by atoms with Gasteiger partial charge in [0.2, 0.25) is 0 Å². The zero-order chi connectivity index (χ0) is 25.6. The molecular weight excluding hydrogens is 470 g/mol. The van der Waals surface area contributed by atoms with E-state index in [-0.39, 0.29) is 0 Å². The second-order valence-electron chi connectivity index (χ2n) is 10.9. The molecule has 1 nitrogen and oxygen atoms in total. The molecule has 0 N–H and O–H groups in total. The van der Waals surface area contributed by atoms with Crippen LogP contribution in [0.3, 0.4) is 0 Å². The van der Waals surface area contributed by atoms with Gasteiger partial charge >= 0.3 is 0 Å². The Morgan fingerprint density at radius 2 is 1.21 bits per heavy atom. The SMILES string of the molecule is c1ccc(C2(c3ccc4c(c3)Cc3ccccc3-4)c3ccccc3-n3c4ccccc4c4cccc2c43)cc1. The van der Waals surface area contributed by atoms with E-state index in [2.05, 4.69) is 144 Å². The van der Waals surface area contributed by atoms with E-state index in [1.54, 1.807) is 0 Å². The molecule has 1 aliphatic heterocycles. The Hall–Kier alpha value is -4.88. The molecule has 39 heavy (non-hydrogen) atoms. The Balaban J connectivity index is 1.46. The van der Waals surface area contributed by atoms with Gasteiger partial charge in [0.1, 0.15) is 0 Å². The van der Waals surface area contributed by atoms with E-state index < -0.39 is 5.41 Å². The summed E-state index contributed by atoms with van der Waals surface area (Å²) in [6.07, 6.45) is 0.982. The summed E-state index contributed by atoms with van der Waals surface area (Å²) in [4.78, 5) is 0. The van der Waals surface area contributed by atoms with Gasteiger partial charge in [0.05, 0.1) is 22.1 Å². The van der Waals surface area contributed by atoms with Gasteiger partial charge in [-0.05, 0) is 63.1 Å². The number of para-hydroxylation sites is 3. The minimum absolute atomic E-state index is 0.439. The number of nitrogens with zero attached hydrogens (tertiary/aromatic N) is 1. The summed E-state index contributed by atoms with van der Waals surface area (Å²) >= 11 is 0. The zero-order valence-corrected chi connectivity index (χ0v) is 21.4. The van der Waals surface area contributed by atoms with Crippen LogP contribution in [0.5, 0.6) is 0 Å². The molecule has 1 unspecified atom stereocenters. The van der Waals surface area contributed by atoms with Gasteiger partial charge in [-0.2, -0.15) is 0 Å². The van der Waals surface area contributed by atoms with E-state index in [9.17, 15) is 0 Å². The van der Waals surface area contributed by atoms with Crippen molar-refractivity contribution in [1.29, 1.82) is 0 Å². The fourth-order valence-electron chi connectivity index (χ4n) is 7.56. The van der Waals surface area contributed by atoms with Crippen molar-refractivity contribution in [2.75, 3.05) is 0 Å². The topological polar surface area (TPSA) is 4.93 Å². The lowest BCUT2D eigenvalue weighted by Crippen LogP contribution is -2.35. The molecule has 0 spiro atoms. The van der Waals surface area contributed by atoms with Crippen LogP contribution in [-0.4, -0.2) is 4.57 Å². The van der Waals surface area contributed by atoms with Crippen LogP contribution in [0.15, 0.2) is 140 Å². The van der Waals surface area contributed by atoms with Crippen LogP contribution < -0.4 is 0 Å². The number of aromatic nitrogens is 1. The van der Waals surface area contributed by atoms with Crippen LogP contribution in [0.4, 0.5) is 0 Å². The Morgan fingerprint density at radius 1 is 0.487 bits per heavy atom. The smallest absolute Gasteiger partial charge is 0.0742 e. The Morgan fingerprint density at radius 3 is 2.15 bits per heavy atom. The molecule has 2 aliphatic rings. The molecule has 9 rings (SSSR count). The maximum absolute atomic E-state index is 2.50. The quantitative estimate of drug-likeness (QED) is 0.225. The van der Waals surface area contributed by atoms with Crippen LogP contribution >= 0.6 is 0 Å². The van der Waals surface area contributed by atoms with Gasteiger partial charge < -0.3 is 4.57 Å². The minimum Gasteiger partial charge on any atom is -0.309 e. The number of rotatable bonds is 2. The highest BCUT2D eigenvalue weighted by Gasteiger charge is 2.45.